The summed E-state index contributed by atoms with van der Waals surface area (Å²) in [6.45, 7) is 17.4. The zero-order valence-corrected chi connectivity index (χ0v) is 15.5. The van der Waals surface area contributed by atoms with Crippen LogP contribution in [0.1, 0.15) is 70.4 Å². The molecule has 0 saturated carbocycles. The molecule has 128 valence electrons. The molecule has 1 heteroatoms. The fraction of sp³-hybridized carbons (Fsp3) is 0.545. The molecule has 0 saturated heterocycles. The first kappa shape index (κ1) is 19.5. The molecule has 0 aliphatic carbocycles. The summed E-state index contributed by atoms with van der Waals surface area (Å²) in [6.07, 6.45) is 8.75. The molecule has 0 radical (unpaired) electrons. The smallest absolute Gasteiger partial charge is 0.0366 e. The van der Waals surface area contributed by atoms with Gasteiger partial charge in [0.1, 0.15) is 0 Å². The van der Waals surface area contributed by atoms with Crippen LogP contribution in [-0.4, -0.2) is 18.0 Å². The molecule has 0 atom stereocenters. The Bertz CT molecular complexity index is 463. The Labute approximate surface area is 144 Å². The SMILES string of the molecule is C=C(C(=C)N(CCC)CCC)c1ccc(CCCCCC)cc1. The number of rotatable bonds is 12. The van der Waals surface area contributed by atoms with Crippen molar-refractivity contribution in [3.8, 4) is 0 Å². The molecular formula is C22H35N. The van der Waals surface area contributed by atoms with Gasteiger partial charge in [-0.3, -0.25) is 0 Å². The van der Waals surface area contributed by atoms with Crippen LogP contribution in [0.15, 0.2) is 43.1 Å². The van der Waals surface area contributed by atoms with Crippen molar-refractivity contribution in [3.05, 3.63) is 54.2 Å². The highest BCUT2D eigenvalue weighted by Gasteiger charge is 2.10. The minimum Gasteiger partial charge on any atom is -0.372 e. The lowest BCUT2D eigenvalue weighted by atomic mass is 10.00. The molecule has 0 aliphatic rings. The van der Waals surface area contributed by atoms with Gasteiger partial charge in [-0.15, -0.1) is 0 Å². The highest BCUT2D eigenvalue weighted by atomic mass is 15.1. The molecule has 0 heterocycles. The van der Waals surface area contributed by atoms with Crippen LogP contribution in [0, 0.1) is 0 Å². The fourth-order valence-corrected chi connectivity index (χ4v) is 2.91. The van der Waals surface area contributed by atoms with Gasteiger partial charge in [0.25, 0.3) is 0 Å². The van der Waals surface area contributed by atoms with Gasteiger partial charge in [-0.2, -0.15) is 0 Å². The summed E-state index contributed by atoms with van der Waals surface area (Å²) >= 11 is 0. The number of hydrogen-bond donors (Lipinski definition) is 0. The topological polar surface area (TPSA) is 3.24 Å². The number of nitrogens with zero attached hydrogens (tertiary/aromatic N) is 1. The second-order valence-electron chi connectivity index (χ2n) is 6.42. The fourth-order valence-electron chi connectivity index (χ4n) is 2.91. The van der Waals surface area contributed by atoms with Gasteiger partial charge in [-0.05, 0) is 42.4 Å². The summed E-state index contributed by atoms with van der Waals surface area (Å²) in [5.41, 5.74) is 4.76. The number of hydrogen-bond acceptors (Lipinski definition) is 1. The first-order chi connectivity index (χ1) is 11.1. The van der Waals surface area contributed by atoms with E-state index in [4.69, 9.17) is 0 Å². The van der Waals surface area contributed by atoms with Crippen molar-refractivity contribution in [2.45, 2.75) is 65.7 Å². The van der Waals surface area contributed by atoms with Crippen molar-refractivity contribution in [3.63, 3.8) is 0 Å². The highest BCUT2D eigenvalue weighted by Crippen LogP contribution is 2.24. The average Bonchev–Trinajstić information content (AvgIpc) is 2.58. The Morgan fingerprint density at radius 1 is 0.826 bits per heavy atom. The maximum atomic E-state index is 4.29. The van der Waals surface area contributed by atoms with E-state index in [1.807, 2.05) is 0 Å². The zero-order valence-electron chi connectivity index (χ0n) is 15.5. The van der Waals surface area contributed by atoms with Gasteiger partial charge in [0, 0.05) is 18.8 Å². The number of unbranched alkanes of at least 4 members (excludes halogenated alkanes) is 3. The highest BCUT2D eigenvalue weighted by molar-refractivity contribution is 5.76. The third-order valence-electron chi connectivity index (χ3n) is 4.34. The van der Waals surface area contributed by atoms with Gasteiger partial charge in [0.2, 0.25) is 0 Å². The molecule has 23 heavy (non-hydrogen) atoms. The van der Waals surface area contributed by atoms with Crippen LogP contribution < -0.4 is 0 Å². The van der Waals surface area contributed by atoms with Crippen molar-refractivity contribution < 1.29 is 0 Å². The van der Waals surface area contributed by atoms with Crippen LogP contribution >= 0.6 is 0 Å². The normalized spacial score (nSPS) is 10.6. The van der Waals surface area contributed by atoms with Crippen molar-refractivity contribution in [1.29, 1.82) is 0 Å². The third kappa shape index (κ3) is 6.64. The van der Waals surface area contributed by atoms with E-state index in [9.17, 15) is 0 Å². The Balaban J connectivity index is 2.63. The van der Waals surface area contributed by atoms with Crippen LogP contribution in [0.3, 0.4) is 0 Å². The average molecular weight is 314 g/mol. The van der Waals surface area contributed by atoms with Crippen LogP contribution in [0.4, 0.5) is 0 Å². The molecule has 1 aromatic rings. The van der Waals surface area contributed by atoms with Crippen molar-refractivity contribution in [1.82, 2.24) is 4.90 Å². The Morgan fingerprint density at radius 3 is 1.96 bits per heavy atom. The zero-order chi connectivity index (χ0) is 17.1. The van der Waals surface area contributed by atoms with E-state index in [1.54, 1.807) is 0 Å². The maximum absolute atomic E-state index is 4.29. The molecule has 0 fully saturated rings. The first-order valence-electron chi connectivity index (χ1n) is 9.36. The Kier molecular flexibility index (Phi) is 9.43. The van der Waals surface area contributed by atoms with E-state index in [2.05, 4.69) is 63.1 Å². The van der Waals surface area contributed by atoms with E-state index in [0.29, 0.717) is 0 Å². The molecule has 0 unspecified atom stereocenters. The largest absolute Gasteiger partial charge is 0.372 e. The molecular weight excluding hydrogens is 278 g/mol. The molecule has 1 aromatic carbocycles. The predicted molar refractivity (Wildman–Crippen MR) is 105 cm³/mol. The van der Waals surface area contributed by atoms with E-state index in [1.165, 1.54) is 43.2 Å². The lowest BCUT2D eigenvalue weighted by Gasteiger charge is -2.27. The lowest BCUT2D eigenvalue weighted by Crippen LogP contribution is -2.24. The molecule has 0 amide bonds. The maximum Gasteiger partial charge on any atom is 0.0366 e. The number of allylic oxidation sites excluding steroid dienone is 1. The van der Waals surface area contributed by atoms with Gasteiger partial charge in [-0.1, -0.05) is 77.5 Å². The number of benzene rings is 1. The third-order valence-corrected chi connectivity index (χ3v) is 4.34. The Hall–Kier alpha value is -1.50. The molecule has 0 bridgehead atoms. The van der Waals surface area contributed by atoms with Crippen molar-refractivity contribution >= 4 is 5.57 Å². The second kappa shape index (κ2) is 11.1. The summed E-state index contributed by atoms with van der Waals surface area (Å²) in [5.74, 6) is 0. The van der Waals surface area contributed by atoms with Gasteiger partial charge in [0.05, 0.1) is 0 Å². The van der Waals surface area contributed by atoms with Crippen LogP contribution in [0.25, 0.3) is 5.57 Å². The lowest BCUT2D eigenvalue weighted by molar-refractivity contribution is 0.359. The molecule has 0 N–H and O–H groups in total. The molecule has 0 aromatic heterocycles. The summed E-state index contributed by atoms with van der Waals surface area (Å²) in [7, 11) is 0. The minimum atomic E-state index is 1.06. The van der Waals surface area contributed by atoms with Gasteiger partial charge < -0.3 is 4.90 Å². The summed E-state index contributed by atoms with van der Waals surface area (Å²) in [6, 6.07) is 8.92. The molecule has 1 nitrogen and oxygen atoms in total. The summed E-state index contributed by atoms with van der Waals surface area (Å²) < 4.78 is 0. The van der Waals surface area contributed by atoms with Crippen LogP contribution in [0.5, 0.6) is 0 Å². The Morgan fingerprint density at radius 2 is 1.43 bits per heavy atom. The van der Waals surface area contributed by atoms with E-state index >= 15 is 0 Å². The van der Waals surface area contributed by atoms with Crippen molar-refractivity contribution in [2.24, 2.45) is 0 Å². The molecule has 1 rings (SSSR count). The predicted octanol–water partition coefficient (Wildman–Crippen LogP) is 6.46. The minimum absolute atomic E-state index is 1.06. The van der Waals surface area contributed by atoms with Gasteiger partial charge >= 0.3 is 0 Å². The molecule has 0 aliphatic heterocycles. The quantitative estimate of drug-likeness (QED) is 0.316. The van der Waals surface area contributed by atoms with Crippen molar-refractivity contribution in [2.75, 3.05) is 13.1 Å². The monoisotopic (exact) mass is 313 g/mol. The van der Waals surface area contributed by atoms with E-state index in [-0.39, 0.29) is 0 Å². The van der Waals surface area contributed by atoms with Gasteiger partial charge in [-0.25, -0.2) is 0 Å². The summed E-state index contributed by atoms with van der Waals surface area (Å²) in [4.78, 5) is 2.36. The second-order valence-corrected chi connectivity index (χ2v) is 6.42. The standard InChI is InChI=1S/C22H35N/c1-6-9-10-11-12-21-13-15-22(16-14-21)19(4)20(5)23(17-7-2)18-8-3/h13-16H,4-12,17-18H2,1-3H3. The number of aryl methyl sites for hydroxylation is 1. The van der Waals surface area contributed by atoms with Gasteiger partial charge in [0.15, 0.2) is 0 Å². The van der Waals surface area contributed by atoms with Crippen LogP contribution in [0.2, 0.25) is 0 Å². The summed E-state index contributed by atoms with van der Waals surface area (Å²) in [5, 5.41) is 0. The molecule has 0 spiro atoms. The van der Waals surface area contributed by atoms with E-state index < -0.39 is 0 Å². The van der Waals surface area contributed by atoms with E-state index in [0.717, 1.165) is 37.2 Å². The van der Waals surface area contributed by atoms with Crippen LogP contribution in [-0.2, 0) is 6.42 Å². The first-order valence-corrected chi connectivity index (χ1v) is 9.36.